The van der Waals surface area contributed by atoms with E-state index >= 15 is 0 Å². The van der Waals surface area contributed by atoms with E-state index in [9.17, 15) is 14.4 Å². The molecule has 6 nitrogen and oxygen atoms in total. The maximum Gasteiger partial charge on any atom is 0.306 e. The highest BCUT2D eigenvalue weighted by Crippen LogP contribution is 2.31. The number of carbonyl (C=O) groups is 3. The predicted molar refractivity (Wildman–Crippen MR) is 83.4 cm³/mol. The van der Waals surface area contributed by atoms with E-state index in [0.29, 0.717) is 30.5 Å². The zero-order chi connectivity index (χ0) is 16.6. The van der Waals surface area contributed by atoms with Crippen LogP contribution in [0.15, 0.2) is 30.8 Å². The fourth-order valence-corrected chi connectivity index (χ4v) is 3.26. The second-order valence-corrected chi connectivity index (χ2v) is 6.00. The summed E-state index contributed by atoms with van der Waals surface area (Å²) >= 11 is 0. The van der Waals surface area contributed by atoms with Crippen LogP contribution in [0.5, 0.6) is 0 Å². The lowest BCUT2D eigenvalue weighted by Crippen LogP contribution is -2.41. The molecule has 6 heteroatoms. The van der Waals surface area contributed by atoms with Crippen LogP contribution in [-0.4, -0.2) is 40.4 Å². The summed E-state index contributed by atoms with van der Waals surface area (Å²) in [5, 5.41) is 11.8. The zero-order valence-electron chi connectivity index (χ0n) is 12.6. The Balaban J connectivity index is 1.60. The first-order valence-electron chi connectivity index (χ1n) is 7.59. The van der Waals surface area contributed by atoms with Gasteiger partial charge in [-0.05, 0) is 25.3 Å². The van der Waals surface area contributed by atoms with Crippen LogP contribution in [0.2, 0.25) is 0 Å². The summed E-state index contributed by atoms with van der Waals surface area (Å²) in [4.78, 5) is 36.8. The molecule has 1 aliphatic heterocycles. The number of nitrogens with zero attached hydrogens (tertiary/aromatic N) is 1. The van der Waals surface area contributed by atoms with Crippen LogP contribution in [0.25, 0.3) is 5.70 Å². The Morgan fingerprint density at radius 1 is 1.26 bits per heavy atom. The third kappa shape index (κ3) is 2.84. The van der Waals surface area contributed by atoms with Gasteiger partial charge in [0.1, 0.15) is 6.54 Å². The lowest BCUT2D eigenvalue weighted by molar-refractivity contribution is -0.141. The van der Waals surface area contributed by atoms with Gasteiger partial charge >= 0.3 is 5.97 Å². The van der Waals surface area contributed by atoms with Crippen LogP contribution in [0.4, 0.5) is 0 Å². The molecule has 1 saturated carbocycles. The highest BCUT2D eigenvalue weighted by atomic mass is 16.4. The van der Waals surface area contributed by atoms with E-state index in [-0.39, 0.29) is 24.4 Å². The molecule has 1 aliphatic carbocycles. The van der Waals surface area contributed by atoms with Crippen molar-refractivity contribution in [3.05, 3.63) is 42.0 Å². The molecule has 2 amide bonds. The average molecular weight is 314 g/mol. The van der Waals surface area contributed by atoms with Crippen LogP contribution in [-0.2, 0) is 9.59 Å². The van der Waals surface area contributed by atoms with Crippen molar-refractivity contribution in [3.63, 3.8) is 0 Å². The maximum atomic E-state index is 12.3. The lowest BCUT2D eigenvalue weighted by atomic mass is 10.1. The molecule has 2 N–H and O–H groups in total. The molecular formula is C17H18N2O4. The number of nitrogens with one attached hydrogen (secondary N) is 1. The largest absolute Gasteiger partial charge is 0.481 e. The van der Waals surface area contributed by atoms with Gasteiger partial charge in [-0.15, -0.1) is 0 Å². The molecule has 1 heterocycles. The summed E-state index contributed by atoms with van der Waals surface area (Å²) in [6.07, 6.45) is 1.66. The van der Waals surface area contributed by atoms with Gasteiger partial charge in [0.15, 0.2) is 0 Å². The summed E-state index contributed by atoms with van der Waals surface area (Å²) in [5.41, 5.74) is 1.82. The van der Waals surface area contributed by atoms with Gasteiger partial charge < -0.3 is 10.4 Å². The van der Waals surface area contributed by atoms with Gasteiger partial charge in [-0.25, -0.2) is 0 Å². The van der Waals surface area contributed by atoms with E-state index in [1.807, 2.05) is 12.1 Å². The van der Waals surface area contributed by atoms with Crippen LogP contribution in [0, 0.1) is 5.92 Å². The Morgan fingerprint density at radius 2 is 1.96 bits per heavy atom. The molecule has 2 aliphatic rings. The summed E-state index contributed by atoms with van der Waals surface area (Å²) in [6, 6.07) is 6.98. The van der Waals surface area contributed by atoms with Crippen molar-refractivity contribution in [1.82, 2.24) is 10.2 Å². The summed E-state index contributed by atoms with van der Waals surface area (Å²) in [5.74, 6) is -1.73. The van der Waals surface area contributed by atoms with Gasteiger partial charge in [0, 0.05) is 22.9 Å². The second kappa shape index (κ2) is 5.87. The molecule has 1 fully saturated rings. The van der Waals surface area contributed by atoms with Gasteiger partial charge in [-0.2, -0.15) is 0 Å². The molecule has 1 aromatic carbocycles. The topological polar surface area (TPSA) is 86.7 Å². The Kier molecular flexibility index (Phi) is 3.90. The normalized spacial score (nSPS) is 23.0. The molecule has 0 unspecified atom stereocenters. The number of carbonyl (C=O) groups excluding carboxylic acids is 2. The van der Waals surface area contributed by atoms with Crippen molar-refractivity contribution >= 4 is 23.5 Å². The Bertz CT molecular complexity index is 663. The third-order valence-corrected chi connectivity index (χ3v) is 4.49. The minimum atomic E-state index is -0.819. The molecule has 0 radical (unpaired) electrons. The molecule has 0 saturated heterocycles. The van der Waals surface area contributed by atoms with Crippen molar-refractivity contribution in [2.24, 2.45) is 5.92 Å². The van der Waals surface area contributed by atoms with Crippen molar-refractivity contribution < 1.29 is 19.5 Å². The molecule has 120 valence electrons. The van der Waals surface area contributed by atoms with Crippen LogP contribution >= 0.6 is 0 Å². The van der Waals surface area contributed by atoms with Crippen molar-refractivity contribution in [1.29, 1.82) is 0 Å². The van der Waals surface area contributed by atoms with Gasteiger partial charge in [-0.3, -0.25) is 19.3 Å². The number of carboxylic acid groups (broad SMARTS) is 1. The number of carboxylic acids is 1. The Labute approximate surface area is 133 Å². The van der Waals surface area contributed by atoms with E-state index in [4.69, 9.17) is 5.11 Å². The average Bonchev–Trinajstić information content (AvgIpc) is 3.07. The first-order valence-corrected chi connectivity index (χ1v) is 7.59. The number of aliphatic carboxylic acids is 1. The molecule has 0 bridgehead atoms. The maximum absolute atomic E-state index is 12.3. The smallest absolute Gasteiger partial charge is 0.306 e. The van der Waals surface area contributed by atoms with Crippen LogP contribution in [0.1, 0.15) is 35.2 Å². The van der Waals surface area contributed by atoms with Gasteiger partial charge in [0.2, 0.25) is 5.91 Å². The summed E-state index contributed by atoms with van der Waals surface area (Å²) in [7, 11) is 0. The van der Waals surface area contributed by atoms with Crippen LogP contribution in [0.3, 0.4) is 0 Å². The van der Waals surface area contributed by atoms with Crippen molar-refractivity contribution in [2.45, 2.75) is 25.3 Å². The monoisotopic (exact) mass is 314 g/mol. The molecule has 0 aromatic heterocycles. The first-order chi connectivity index (χ1) is 11.0. The van der Waals surface area contributed by atoms with Gasteiger partial charge in [0.25, 0.3) is 5.91 Å². The van der Waals surface area contributed by atoms with E-state index < -0.39 is 11.9 Å². The highest BCUT2D eigenvalue weighted by molar-refractivity contribution is 6.10. The number of rotatable bonds is 4. The fourth-order valence-electron chi connectivity index (χ4n) is 3.26. The quantitative estimate of drug-likeness (QED) is 0.881. The SMILES string of the molecule is C=C1c2ccccc2C(=O)N1CC(=O)N[C@H]1CC[C@@H](C(=O)O)C1. The fraction of sp³-hybridized carbons (Fsp3) is 0.353. The molecule has 2 atom stereocenters. The van der Waals surface area contributed by atoms with Crippen molar-refractivity contribution in [2.75, 3.05) is 6.54 Å². The number of hydrogen-bond acceptors (Lipinski definition) is 3. The second-order valence-electron chi connectivity index (χ2n) is 6.00. The first kappa shape index (κ1) is 15.3. The third-order valence-electron chi connectivity index (χ3n) is 4.49. The minimum absolute atomic E-state index is 0.0966. The standard InChI is InChI=1S/C17H18N2O4/c1-10-13-4-2-3-5-14(13)16(21)19(10)9-15(20)18-12-7-6-11(8-12)17(22)23/h2-5,11-12H,1,6-9H2,(H,18,20)(H,22,23)/t11-,12+/m1/s1. The van der Waals surface area contributed by atoms with Crippen LogP contribution < -0.4 is 5.32 Å². The van der Waals surface area contributed by atoms with E-state index in [0.717, 1.165) is 5.56 Å². The molecular weight excluding hydrogens is 296 g/mol. The Hall–Kier alpha value is -2.63. The van der Waals surface area contributed by atoms with Gasteiger partial charge in [0.05, 0.1) is 5.92 Å². The number of fused-ring (bicyclic) bond motifs is 1. The van der Waals surface area contributed by atoms with Gasteiger partial charge in [-0.1, -0.05) is 24.8 Å². The zero-order valence-corrected chi connectivity index (χ0v) is 12.6. The molecule has 3 rings (SSSR count). The van der Waals surface area contributed by atoms with Crippen molar-refractivity contribution in [3.8, 4) is 0 Å². The minimum Gasteiger partial charge on any atom is -0.481 e. The molecule has 0 spiro atoms. The summed E-state index contributed by atoms with van der Waals surface area (Å²) in [6.45, 7) is 3.80. The number of benzene rings is 1. The lowest BCUT2D eigenvalue weighted by Gasteiger charge is -2.19. The number of amides is 2. The molecule has 1 aromatic rings. The summed E-state index contributed by atoms with van der Waals surface area (Å²) < 4.78 is 0. The number of hydrogen-bond donors (Lipinski definition) is 2. The Morgan fingerprint density at radius 3 is 2.57 bits per heavy atom. The predicted octanol–water partition coefficient (Wildman–Crippen LogP) is 1.48. The van der Waals surface area contributed by atoms with E-state index in [2.05, 4.69) is 11.9 Å². The molecule has 23 heavy (non-hydrogen) atoms. The van der Waals surface area contributed by atoms with E-state index in [1.165, 1.54) is 4.90 Å². The van der Waals surface area contributed by atoms with E-state index in [1.54, 1.807) is 12.1 Å². The highest BCUT2D eigenvalue weighted by Gasteiger charge is 2.34.